The van der Waals surface area contributed by atoms with Crippen molar-refractivity contribution in [2.75, 3.05) is 6.61 Å². The van der Waals surface area contributed by atoms with Gasteiger partial charge in [0, 0.05) is 18.4 Å². The molecule has 1 saturated carbocycles. The van der Waals surface area contributed by atoms with Crippen LogP contribution in [-0.2, 0) is 10.6 Å². The molecule has 2 aliphatic rings. The van der Waals surface area contributed by atoms with Gasteiger partial charge < -0.3 is 9.47 Å². The molecule has 4 heteroatoms. The zero-order valence-corrected chi connectivity index (χ0v) is 13.0. The molecule has 1 heterocycles. The van der Waals surface area contributed by atoms with Crippen LogP contribution in [0, 0.1) is 5.82 Å². The van der Waals surface area contributed by atoms with Crippen LogP contribution < -0.4 is 4.74 Å². The van der Waals surface area contributed by atoms with Crippen molar-refractivity contribution in [2.24, 2.45) is 0 Å². The fourth-order valence-corrected chi connectivity index (χ4v) is 3.80. The highest BCUT2D eigenvalue weighted by molar-refractivity contribution is 6.17. The Kier molecular flexibility index (Phi) is 4.70. The summed E-state index contributed by atoms with van der Waals surface area (Å²) in [5.74, 6) is 0.268. The highest BCUT2D eigenvalue weighted by atomic mass is 35.5. The molecule has 0 N–H and O–H groups in total. The molecule has 1 spiro atoms. The first-order valence-corrected chi connectivity index (χ1v) is 8.40. The minimum atomic E-state index is -0.322. The fraction of sp³-hybridized carbons (Fsp3) is 0.647. The fourth-order valence-electron chi connectivity index (χ4n) is 3.59. The van der Waals surface area contributed by atoms with Crippen LogP contribution in [0.2, 0.25) is 0 Å². The van der Waals surface area contributed by atoms with E-state index in [9.17, 15) is 4.39 Å². The molecule has 21 heavy (non-hydrogen) atoms. The van der Waals surface area contributed by atoms with Gasteiger partial charge in [-0.15, -0.1) is 11.6 Å². The van der Waals surface area contributed by atoms with E-state index in [0.717, 1.165) is 31.2 Å². The average Bonchev–Trinajstić information content (AvgIpc) is 2.50. The second-order valence-corrected chi connectivity index (χ2v) is 6.45. The third-order valence-corrected chi connectivity index (χ3v) is 4.98. The molecule has 1 aromatic rings. The van der Waals surface area contributed by atoms with Crippen molar-refractivity contribution in [3.8, 4) is 5.75 Å². The Morgan fingerprint density at radius 1 is 1.29 bits per heavy atom. The second kappa shape index (κ2) is 6.53. The topological polar surface area (TPSA) is 18.5 Å². The Labute approximate surface area is 130 Å². The van der Waals surface area contributed by atoms with Crippen LogP contribution in [-0.4, -0.2) is 18.3 Å². The van der Waals surface area contributed by atoms with Gasteiger partial charge in [-0.1, -0.05) is 31.4 Å². The molecule has 1 saturated heterocycles. The highest BCUT2D eigenvalue weighted by Gasteiger charge is 2.39. The Morgan fingerprint density at radius 3 is 2.86 bits per heavy atom. The molecule has 3 rings (SSSR count). The summed E-state index contributed by atoms with van der Waals surface area (Å²) in [6, 6.07) is 4.93. The van der Waals surface area contributed by atoms with Crippen LogP contribution >= 0.6 is 11.6 Å². The van der Waals surface area contributed by atoms with Gasteiger partial charge in [-0.2, -0.15) is 0 Å². The van der Waals surface area contributed by atoms with Crippen molar-refractivity contribution >= 4 is 11.6 Å². The van der Waals surface area contributed by atoms with Crippen LogP contribution in [0.15, 0.2) is 18.2 Å². The lowest BCUT2D eigenvalue weighted by Gasteiger charge is -2.43. The van der Waals surface area contributed by atoms with Gasteiger partial charge in [0.1, 0.15) is 6.10 Å². The van der Waals surface area contributed by atoms with Crippen LogP contribution in [0.25, 0.3) is 0 Å². The van der Waals surface area contributed by atoms with Crippen LogP contribution in [0.3, 0.4) is 0 Å². The normalized spacial score (nSPS) is 25.0. The number of benzene rings is 1. The smallest absolute Gasteiger partial charge is 0.165 e. The van der Waals surface area contributed by atoms with E-state index in [-0.39, 0.29) is 23.4 Å². The quantitative estimate of drug-likeness (QED) is 0.745. The molecule has 0 aromatic heterocycles. The number of alkyl halides is 1. The number of halogens is 2. The van der Waals surface area contributed by atoms with E-state index in [0.29, 0.717) is 12.4 Å². The minimum Gasteiger partial charge on any atom is -0.487 e. The number of ether oxygens (including phenoxy) is 2. The van der Waals surface area contributed by atoms with Gasteiger partial charge in [-0.05, 0) is 18.9 Å². The molecule has 1 aromatic carbocycles. The molecule has 2 nitrogen and oxygen atoms in total. The van der Waals surface area contributed by atoms with Gasteiger partial charge in [-0.3, -0.25) is 0 Å². The first-order valence-electron chi connectivity index (χ1n) is 7.86. The van der Waals surface area contributed by atoms with E-state index in [4.69, 9.17) is 21.1 Å². The Morgan fingerprint density at radius 2 is 2.10 bits per heavy atom. The van der Waals surface area contributed by atoms with Gasteiger partial charge in [0.25, 0.3) is 0 Å². The van der Waals surface area contributed by atoms with Gasteiger partial charge in [-0.25, -0.2) is 4.39 Å². The SMILES string of the molecule is Fc1cccc(CCl)c1OC1CCOC2(CCCCC2)C1. The molecule has 1 unspecified atom stereocenters. The number of para-hydroxylation sites is 1. The maximum absolute atomic E-state index is 14.0. The Bertz CT molecular complexity index is 480. The maximum atomic E-state index is 14.0. The van der Waals surface area contributed by atoms with E-state index in [2.05, 4.69) is 0 Å². The molecule has 1 aliphatic carbocycles. The van der Waals surface area contributed by atoms with Crippen molar-refractivity contribution in [3.05, 3.63) is 29.6 Å². The largest absolute Gasteiger partial charge is 0.487 e. The van der Waals surface area contributed by atoms with E-state index in [1.807, 2.05) is 6.07 Å². The standard InChI is InChI=1S/C17H22ClFO2/c18-12-13-5-4-6-15(19)16(13)21-14-7-10-20-17(11-14)8-2-1-3-9-17/h4-6,14H,1-3,7-12H2. The Hall–Kier alpha value is -0.800. The van der Waals surface area contributed by atoms with Crippen molar-refractivity contribution in [2.45, 2.75) is 62.5 Å². The monoisotopic (exact) mass is 312 g/mol. The van der Waals surface area contributed by atoms with Crippen molar-refractivity contribution in [1.29, 1.82) is 0 Å². The lowest BCUT2D eigenvalue weighted by molar-refractivity contribution is -0.130. The van der Waals surface area contributed by atoms with Crippen LogP contribution in [0.1, 0.15) is 50.5 Å². The number of hydrogen-bond donors (Lipinski definition) is 0. The predicted molar refractivity (Wildman–Crippen MR) is 81.4 cm³/mol. The lowest BCUT2D eigenvalue weighted by atomic mass is 9.79. The zero-order valence-electron chi connectivity index (χ0n) is 12.2. The molecular formula is C17H22ClFO2. The first kappa shape index (κ1) is 15.1. The predicted octanol–water partition coefficient (Wildman–Crippen LogP) is 4.83. The van der Waals surface area contributed by atoms with Crippen LogP contribution in [0.5, 0.6) is 5.75 Å². The number of hydrogen-bond acceptors (Lipinski definition) is 2. The van der Waals surface area contributed by atoms with E-state index < -0.39 is 0 Å². The molecule has 1 aliphatic heterocycles. The van der Waals surface area contributed by atoms with Gasteiger partial charge in [0.05, 0.1) is 18.1 Å². The van der Waals surface area contributed by atoms with E-state index in [1.54, 1.807) is 6.07 Å². The molecule has 0 bridgehead atoms. The first-order chi connectivity index (χ1) is 10.2. The maximum Gasteiger partial charge on any atom is 0.165 e. The molecule has 1 atom stereocenters. The number of rotatable bonds is 3. The molecule has 116 valence electrons. The van der Waals surface area contributed by atoms with Crippen LogP contribution in [0.4, 0.5) is 4.39 Å². The molecule has 0 radical (unpaired) electrons. The summed E-state index contributed by atoms with van der Waals surface area (Å²) in [5.41, 5.74) is 0.689. The molecule has 0 amide bonds. The van der Waals surface area contributed by atoms with E-state index in [1.165, 1.54) is 25.3 Å². The third kappa shape index (κ3) is 3.35. The summed E-state index contributed by atoms with van der Waals surface area (Å²) < 4.78 is 26.1. The van der Waals surface area contributed by atoms with Crippen molar-refractivity contribution in [1.82, 2.24) is 0 Å². The zero-order chi connectivity index (χ0) is 14.7. The summed E-state index contributed by atoms with van der Waals surface area (Å²) in [6.07, 6.45) is 7.65. The summed E-state index contributed by atoms with van der Waals surface area (Å²) in [6.45, 7) is 0.704. The summed E-state index contributed by atoms with van der Waals surface area (Å²) in [4.78, 5) is 0. The van der Waals surface area contributed by atoms with Gasteiger partial charge in [0.2, 0.25) is 0 Å². The minimum absolute atomic E-state index is 0.0238. The summed E-state index contributed by atoms with van der Waals surface area (Å²) in [5, 5.41) is 0. The lowest BCUT2D eigenvalue weighted by Crippen LogP contribution is -2.45. The van der Waals surface area contributed by atoms with E-state index >= 15 is 0 Å². The molecule has 2 fully saturated rings. The van der Waals surface area contributed by atoms with Gasteiger partial charge >= 0.3 is 0 Å². The third-order valence-electron chi connectivity index (χ3n) is 4.69. The average molecular weight is 313 g/mol. The molecular weight excluding hydrogens is 291 g/mol. The summed E-state index contributed by atoms with van der Waals surface area (Å²) >= 11 is 5.89. The van der Waals surface area contributed by atoms with Crippen molar-refractivity contribution in [3.63, 3.8) is 0 Å². The summed E-state index contributed by atoms with van der Waals surface area (Å²) in [7, 11) is 0. The second-order valence-electron chi connectivity index (χ2n) is 6.19. The van der Waals surface area contributed by atoms with Gasteiger partial charge in [0.15, 0.2) is 11.6 Å². The highest BCUT2D eigenvalue weighted by Crippen LogP contribution is 2.40. The van der Waals surface area contributed by atoms with Crippen molar-refractivity contribution < 1.29 is 13.9 Å². The Balaban J connectivity index is 1.73.